The van der Waals surface area contributed by atoms with Crippen molar-refractivity contribution in [1.82, 2.24) is 0 Å². The number of aliphatic hydroxyl groups is 1. The number of hydrazone groups is 1. The van der Waals surface area contributed by atoms with Crippen LogP contribution in [0.15, 0.2) is 58.4 Å². The van der Waals surface area contributed by atoms with Gasteiger partial charge in [0, 0.05) is 47.2 Å². The summed E-state index contributed by atoms with van der Waals surface area (Å²) in [5, 5.41) is 26.8. The quantitative estimate of drug-likeness (QED) is 0.288. The Balaban J connectivity index is 0.00000408. The number of phenols is 1. The molecule has 2 N–H and O–H groups in total. The summed E-state index contributed by atoms with van der Waals surface area (Å²) >= 11 is 0. The summed E-state index contributed by atoms with van der Waals surface area (Å²) in [7, 11) is 0. The average Bonchev–Trinajstić information content (AvgIpc) is 2.73. The van der Waals surface area contributed by atoms with E-state index in [0.717, 1.165) is 35.1 Å². The Labute approximate surface area is 249 Å². The molecule has 2 aliphatic carbocycles. The van der Waals surface area contributed by atoms with Crippen LogP contribution in [0.3, 0.4) is 0 Å². The molecule has 0 atom stereocenters. The molecule has 2 aliphatic rings. The van der Waals surface area contributed by atoms with Crippen LogP contribution in [-0.2, 0) is 22.2 Å². The first-order chi connectivity index (χ1) is 15.4. The van der Waals surface area contributed by atoms with Crippen LogP contribution in [0.2, 0.25) is 0 Å². The second-order valence-electron chi connectivity index (χ2n) is 11.6. The van der Waals surface area contributed by atoms with Crippen LogP contribution in [0.4, 0.5) is 0 Å². The van der Waals surface area contributed by atoms with Gasteiger partial charge < -0.3 is 44.2 Å². The number of aromatic hydroxyl groups is 1. The Morgan fingerprint density at radius 2 is 1.58 bits per heavy atom. The predicted octanol–water partition coefficient (Wildman–Crippen LogP) is 1.19. The molecule has 1 aromatic rings. The topological polar surface area (TPSA) is 55.8 Å². The number of benzene rings is 1. The number of aliphatic hydroxyl groups excluding tert-OH is 1. The molecular formula is C29H41Br2CoN2O2-. The Morgan fingerprint density at radius 1 is 0.972 bits per heavy atom. The van der Waals surface area contributed by atoms with E-state index in [4.69, 9.17) is 5.10 Å². The third-order valence-corrected chi connectivity index (χ3v) is 6.58. The number of allylic oxidation sites excluding steroid dienone is 4. The molecule has 0 unspecified atom stereocenters. The van der Waals surface area contributed by atoms with Gasteiger partial charge >= 0.3 is 0 Å². The summed E-state index contributed by atoms with van der Waals surface area (Å²) in [6, 6.07) is 6.11. The number of phenolic OH excluding ortho intramolecular Hbond substituents is 1. The molecule has 1 radical (unpaired) electrons. The number of para-hydroxylation sites is 1. The standard InChI is InChI=1S/C29H40N2O2.2BrH.Co/c1-20-16-22(27(33)25(17-20)29(5,6)7)19-31(23-13-9-8-10-14-23)30-18-21-12-11-15-24(26(21)32)28(2,3)4;;;/h11-12,15,17-19,23H,1,8-10,13-14,16H2,2-7H3,(H,30,32);2*1H;/p-1. The summed E-state index contributed by atoms with van der Waals surface area (Å²) in [4.78, 5) is 0. The fourth-order valence-corrected chi connectivity index (χ4v) is 4.64. The molecule has 4 nitrogen and oxygen atoms in total. The fraction of sp³-hybridized carbons (Fsp3) is 0.517. The Bertz CT molecular complexity index is 1040. The van der Waals surface area contributed by atoms with Crippen LogP contribution < -0.4 is 34.0 Å². The van der Waals surface area contributed by atoms with E-state index in [2.05, 4.69) is 48.1 Å². The number of hydrogen-bond donors (Lipinski definition) is 2. The van der Waals surface area contributed by atoms with Crippen molar-refractivity contribution in [2.75, 3.05) is 0 Å². The summed E-state index contributed by atoms with van der Waals surface area (Å²) in [5.74, 6) is 0.617. The molecule has 3 rings (SSSR count). The first-order valence-electron chi connectivity index (χ1n) is 12.2. The van der Waals surface area contributed by atoms with E-state index in [1.54, 1.807) is 6.21 Å². The van der Waals surface area contributed by atoms with Crippen molar-refractivity contribution in [2.45, 2.75) is 91.5 Å². The predicted molar refractivity (Wildman–Crippen MR) is 139 cm³/mol. The molecular weight excluding hydrogens is 627 g/mol. The van der Waals surface area contributed by atoms with Crippen molar-refractivity contribution in [2.24, 2.45) is 10.5 Å². The van der Waals surface area contributed by atoms with Crippen molar-refractivity contribution < 1.29 is 65.6 Å². The maximum atomic E-state index is 11.1. The second kappa shape index (κ2) is 14.1. The third kappa shape index (κ3) is 8.71. The molecule has 0 bridgehead atoms. The van der Waals surface area contributed by atoms with Crippen LogP contribution >= 0.6 is 0 Å². The van der Waals surface area contributed by atoms with Gasteiger partial charge in [0.2, 0.25) is 6.21 Å². The SMILES string of the molecule is C=C1C=C(C(C)(C)C)C(O)=C(C=[N+](N=Cc2cccc(C(C)(C)C)c2O)C2CCCCC2)C1.[Br-].[Br-].[Co]. The largest absolute Gasteiger partial charge is 1.00 e. The summed E-state index contributed by atoms with van der Waals surface area (Å²) in [6.45, 7) is 16.8. The third-order valence-electron chi connectivity index (χ3n) is 6.58. The summed E-state index contributed by atoms with van der Waals surface area (Å²) < 4.78 is 2.01. The van der Waals surface area contributed by atoms with Gasteiger partial charge in [-0.1, -0.05) is 83.0 Å². The van der Waals surface area contributed by atoms with Gasteiger partial charge in [-0.3, -0.25) is 0 Å². The van der Waals surface area contributed by atoms with Gasteiger partial charge in [-0.25, -0.2) is 0 Å². The molecule has 0 heterocycles. The van der Waals surface area contributed by atoms with Crippen molar-refractivity contribution in [1.29, 1.82) is 0 Å². The molecule has 1 saturated carbocycles. The van der Waals surface area contributed by atoms with Crippen molar-refractivity contribution in [3.63, 3.8) is 0 Å². The van der Waals surface area contributed by atoms with E-state index in [9.17, 15) is 10.2 Å². The number of nitrogens with zero attached hydrogens (tertiary/aromatic N) is 2. The average molecular weight is 668 g/mol. The maximum absolute atomic E-state index is 11.1. The van der Waals surface area contributed by atoms with Gasteiger partial charge in [0.1, 0.15) is 17.7 Å². The molecule has 203 valence electrons. The zero-order valence-corrected chi connectivity index (χ0v) is 26.6. The van der Waals surface area contributed by atoms with E-state index < -0.39 is 0 Å². The second-order valence-corrected chi connectivity index (χ2v) is 11.6. The van der Waals surface area contributed by atoms with Crippen LogP contribution in [0.25, 0.3) is 0 Å². The molecule has 0 saturated heterocycles. The smallest absolute Gasteiger partial charge is 0.203 e. The first kappa shape index (κ1) is 34.8. The first-order valence-corrected chi connectivity index (χ1v) is 12.2. The molecule has 1 fully saturated rings. The van der Waals surface area contributed by atoms with Crippen molar-refractivity contribution >= 4 is 12.4 Å². The Kier molecular flexibility index (Phi) is 13.7. The minimum atomic E-state index is -0.176. The van der Waals surface area contributed by atoms with Crippen molar-refractivity contribution in [3.05, 3.63) is 64.5 Å². The van der Waals surface area contributed by atoms with E-state index in [1.807, 2.05) is 35.2 Å². The molecule has 1 aromatic carbocycles. The molecule has 7 heteroatoms. The maximum Gasteiger partial charge on any atom is 0.203 e. The van der Waals surface area contributed by atoms with E-state index >= 15 is 0 Å². The van der Waals surface area contributed by atoms with E-state index in [-0.39, 0.29) is 73.4 Å². The zero-order chi connectivity index (χ0) is 24.4. The van der Waals surface area contributed by atoms with Crippen LogP contribution in [-0.4, -0.2) is 33.4 Å². The number of rotatable bonds is 4. The van der Waals surface area contributed by atoms with Crippen LogP contribution in [0, 0.1) is 5.41 Å². The minimum Gasteiger partial charge on any atom is -1.00 e. The van der Waals surface area contributed by atoms with Gasteiger partial charge in [-0.05, 0) is 40.4 Å². The molecule has 0 spiro atoms. The van der Waals surface area contributed by atoms with E-state index in [1.165, 1.54) is 19.3 Å². The van der Waals surface area contributed by atoms with E-state index in [0.29, 0.717) is 17.7 Å². The Hall–Kier alpha value is -1.15. The van der Waals surface area contributed by atoms with Crippen LogP contribution in [0.5, 0.6) is 5.75 Å². The normalized spacial score (nSPS) is 17.8. The monoisotopic (exact) mass is 666 g/mol. The van der Waals surface area contributed by atoms with Crippen molar-refractivity contribution in [3.8, 4) is 5.75 Å². The summed E-state index contributed by atoms with van der Waals surface area (Å²) in [6.07, 6.45) is 12.1. The molecule has 0 amide bonds. The number of hydrogen-bond acceptors (Lipinski definition) is 3. The van der Waals surface area contributed by atoms with Gasteiger partial charge in [0.15, 0.2) is 6.04 Å². The van der Waals surface area contributed by atoms with Gasteiger partial charge in [-0.2, -0.15) is 0 Å². The zero-order valence-electron chi connectivity index (χ0n) is 22.4. The van der Waals surface area contributed by atoms with Crippen LogP contribution in [0.1, 0.15) is 91.2 Å². The molecule has 0 aromatic heterocycles. The Morgan fingerprint density at radius 3 is 2.14 bits per heavy atom. The fourth-order valence-electron chi connectivity index (χ4n) is 4.64. The number of halogens is 2. The van der Waals surface area contributed by atoms with Gasteiger partial charge in [-0.15, -0.1) is 0 Å². The van der Waals surface area contributed by atoms with Gasteiger partial charge in [0.25, 0.3) is 0 Å². The molecule has 36 heavy (non-hydrogen) atoms. The minimum absolute atomic E-state index is 0. The van der Waals surface area contributed by atoms with Gasteiger partial charge in [0.05, 0.1) is 5.57 Å². The summed E-state index contributed by atoms with van der Waals surface area (Å²) in [5.41, 5.74) is 4.03. The molecule has 0 aliphatic heterocycles.